The van der Waals surface area contributed by atoms with Gasteiger partial charge in [-0.25, -0.2) is 13.4 Å². The minimum Gasteiger partial charge on any atom is -0.340 e. The summed E-state index contributed by atoms with van der Waals surface area (Å²) in [6.07, 6.45) is 0.390. The standard InChI is InChI=1S/C21H22N4O4S/c26-20(11-10-19-21(27)23-18-9-5-4-8-17(18)22-19)24-12-14-25(15-13-24)30(28,29)16-6-2-1-3-7-16/h1-9H,10-15H2,(H,23,27). The molecular formula is C21H22N4O4S. The molecule has 3 aromatic rings. The zero-order valence-corrected chi connectivity index (χ0v) is 17.1. The molecule has 0 atom stereocenters. The number of nitrogens with one attached hydrogen (secondary N) is 1. The Morgan fingerprint density at radius 2 is 1.63 bits per heavy atom. The van der Waals surface area contributed by atoms with Gasteiger partial charge in [-0.05, 0) is 24.3 Å². The highest BCUT2D eigenvalue weighted by Gasteiger charge is 2.29. The summed E-state index contributed by atoms with van der Waals surface area (Å²) in [5.74, 6) is -0.110. The lowest BCUT2D eigenvalue weighted by molar-refractivity contribution is -0.132. The second-order valence-corrected chi connectivity index (χ2v) is 9.07. The fourth-order valence-electron chi connectivity index (χ4n) is 3.54. The number of hydrogen-bond donors (Lipinski definition) is 1. The van der Waals surface area contributed by atoms with Gasteiger partial charge in [0.1, 0.15) is 5.69 Å². The third-order valence-corrected chi connectivity index (χ3v) is 7.13. The van der Waals surface area contributed by atoms with Crippen LogP contribution in [-0.4, -0.2) is 59.7 Å². The summed E-state index contributed by atoms with van der Waals surface area (Å²) in [4.78, 5) is 33.8. The van der Waals surface area contributed by atoms with Crippen LogP contribution in [0.25, 0.3) is 11.0 Å². The molecule has 8 nitrogen and oxygen atoms in total. The monoisotopic (exact) mass is 426 g/mol. The molecule has 1 aromatic heterocycles. The van der Waals surface area contributed by atoms with Crippen LogP contribution in [0.3, 0.4) is 0 Å². The molecule has 2 heterocycles. The van der Waals surface area contributed by atoms with Crippen LogP contribution in [-0.2, 0) is 21.2 Å². The quantitative estimate of drug-likeness (QED) is 0.664. The third-order valence-electron chi connectivity index (χ3n) is 5.22. The highest BCUT2D eigenvalue weighted by molar-refractivity contribution is 7.89. The smallest absolute Gasteiger partial charge is 0.270 e. The van der Waals surface area contributed by atoms with Crippen molar-refractivity contribution >= 4 is 27.0 Å². The average Bonchev–Trinajstić information content (AvgIpc) is 2.78. The van der Waals surface area contributed by atoms with E-state index >= 15 is 0 Å². The summed E-state index contributed by atoms with van der Waals surface area (Å²) >= 11 is 0. The molecule has 0 aliphatic carbocycles. The molecule has 0 radical (unpaired) electrons. The van der Waals surface area contributed by atoms with Gasteiger partial charge in [-0.1, -0.05) is 30.3 Å². The van der Waals surface area contributed by atoms with E-state index in [0.29, 0.717) is 29.8 Å². The molecule has 1 amide bonds. The van der Waals surface area contributed by atoms with E-state index in [1.54, 1.807) is 41.3 Å². The first-order valence-electron chi connectivity index (χ1n) is 9.76. The van der Waals surface area contributed by atoms with E-state index in [1.807, 2.05) is 18.2 Å². The summed E-state index contributed by atoms with van der Waals surface area (Å²) in [7, 11) is -3.55. The number of aryl methyl sites for hydroxylation is 1. The Morgan fingerprint density at radius 3 is 2.37 bits per heavy atom. The summed E-state index contributed by atoms with van der Waals surface area (Å²) < 4.78 is 26.8. The third kappa shape index (κ3) is 4.12. The van der Waals surface area contributed by atoms with Crippen molar-refractivity contribution in [2.75, 3.05) is 26.2 Å². The number of sulfonamides is 1. The number of piperazine rings is 1. The van der Waals surface area contributed by atoms with Gasteiger partial charge in [-0.3, -0.25) is 9.59 Å². The molecule has 0 unspecified atom stereocenters. The summed E-state index contributed by atoms with van der Waals surface area (Å²) in [5, 5.41) is 0. The van der Waals surface area contributed by atoms with E-state index in [2.05, 4.69) is 9.97 Å². The van der Waals surface area contributed by atoms with E-state index in [0.717, 1.165) is 0 Å². The second kappa shape index (κ2) is 8.37. The molecule has 0 bridgehead atoms. The van der Waals surface area contributed by atoms with E-state index in [9.17, 15) is 18.0 Å². The van der Waals surface area contributed by atoms with Gasteiger partial charge in [0.15, 0.2) is 0 Å². The summed E-state index contributed by atoms with van der Waals surface area (Å²) in [5.41, 5.74) is 1.38. The minimum atomic E-state index is -3.55. The van der Waals surface area contributed by atoms with Crippen molar-refractivity contribution in [3.63, 3.8) is 0 Å². The van der Waals surface area contributed by atoms with Crippen LogP contribution in [0, 0.1) is 0 Å². The average molecular weight is 426 g/mol. The van der Waals surface area contributed by atoms with E-state index < -0.39 is 10.0 Å². The lowest BCUT2D eigenvalue weighted by Gasteiger charge is -2.34. The second-order valence-electron chi connectivity index (χ2n) is 7.13. The topological polar surface area (TPSA) is 103 Å². The fraction of sp³-hybridized carbons (Fsp3) is 0.286. The van der Waals surface area contributed by atoms with E-state index in [4.69, 9.17) is 0 Å². The lowest BCUT2D eigenvalue weighted by Crippen LogP contribution is -2.50. The van der Waals surface area contributed by atoms with Crippen LogP contribution in [0.1, 0.15) is 12.1 Å². The largest absolute Gasteiger partial charge is 0.340 e. The van der Waals surface area contributed by atoms with Crippen molar-refractivity contribution in [1.29, 1.82) is 0 Å². The molecule has 1 fully saturated rings. The number of aromatic nitrogens is 2. The van der Waals surface area contributed by atoms with Gasteiger partial charge in [0.05, 0.1) is 15.9 Å². The fourth-order valence-corrected chi connectivity index (χ4v) is 4.98. The first kappa shape index (κ1) is 20.2. The van der Waals surface area contributed by atoms with Crippen LogP contribution in [0.2, 0.25) is 0 Å². The predicted molar refractivity (Wildman–Crippen MR) is 112 cm³/mol. The number of rotatable bonds is 5. The van der Waals surface area contributed by atoms with Crippen LogP contribution in [0.15, 0.2) is 64.3 Å². The number of H-pyrrole nitrogens is 1. The van der Waals surface area contributed by atoms with Gasteiger partial charge in [0, 0.05) is 39.0 Å². The van der Waals surface area contributed by atoms with Gasteiger partial charge in [-0.15, -0.1) is 0 Å². The van der Waals surface area contributed by atoms with Gasteiger partial charge in [-0.2, -0.15) is 4.31 Å². The first-order valence-corrected chi connectivity index (χ1v) is 11.2. The molecular weight excluding hydrogens is 404 g/mol. The Morgan fingerprint density at radius 1 is 0.967 bits per heavy atom. The van der Waals surface area contributed by atoms with Crippen molar-refractivity contribution in [1.82, 2.24) is 19.2 Å². The Labute approximate surface area is 174 Å². The van der Waals surface area contributed by atoms with Gasteiger partial charge in [0.25, 0.3) is 5.56 Å². The Kier molecular flexibility index (Phi) is 5.65. The van der Waals surface area contributed by atoms with Crippen LogP contribution >= 0.6 is 0 Å². The molecule has 2 aromatic carbocycles. The number of aromatic amines is 1. The lowest BCUT2D eigenvalue weighted by atomic mass is 10.2. The number of amides is 1. The Balaban J connectivity index is 1.36. The number of hydrogen-bond acceptors (Lipinski definition) is 5. The minimum absolute atomic E-state index is 0.110. The van der Waals surface area contributed by atoms with E-state index in [-0.39, 0.29) is 42.3 Å². The molecule has 0 spiro atoms. The number of carbonyl (C=O) groups is 1. The van der Waals surface area contributed by atoms with Crippen molar-refractivity contribution in [2.24, 2.45) is 0 Å². The molecule has 1 saturated heterocycles. The molecule has 1 aliphatic heterocycles. The van der Waals surface area contributed by atoms with Gasteiger partial charge >= 0.3 is 0 Å². The Bertz CT molecular complexity index is 1220. The number of carbonyl (C=O) groups excluding carboxylic acids is 1. The molecule has 4 rings (SSSR count). The van der Waals surface area contributed by atoms with Gasteiger partial charge < -0.3 is 9.88 Å². The van der Waals surface area contributed by atoms with Crippen molar-refractivity contribution < 1.29 is 13.2 Å². The molecule has 0 saturated carbocycles. The predicted octanol–water partition coefficient (Wildman–Crippen LogP) is 1.39. The maximum Gasteiger partial charge on any atom is 0.270 e. The van der Waals surface area contributed by atoms with Crippen molar-refractivity contribution in [3.8, 4) is 0 Å². The SMILES string of the molecule is O=C(CCc1nc2ccccc2[nH]c1=O)N1CCN(S(=O)(=O)c2ccccc2)CC1. The maximum absolute atomic E-state index is 12.7. The van der Waals surface area contributed by atoms with Crippen molar-refractivity contribution in [3.05, 3.63) is 70.6 Å². The van der Waals surface area contributed by atoms with Crippen molar-refractivity contribution in [2.45, 2.75) is 17.7 Å². The number of fused-ring (bicyclic) bond motifs is 1. The summed E-state index contributed by atoms with van der Waals surface area (Å²) in [6.45, 7) is 1.15. The zero-order chi connectivity index (χ0) is 21.1. The van der Waals surface area contributed by atoms with Crippen LogP contribution < -0.4 is 5.56 Å². The van der Waals surface area contributed by atoms with E-state index in [1.165, 1.54) is 4.31 Å². The Hall–Kier alpha value is -3.04. The molecule has 1 aliphatic rings. The normalized spacial score (nSPS) is 15.4. The zero-order valence-electron chi connectivity index (χ0n) is 16.3. The van der Waals surface area contributed by atoms with Crippen LogP contribution in [0.5, 0.6) is 0 Å². The highest BCUT2D eigenvalue weighted by Crippen LogP contribution is 2.17. The molecule has 30 heavy (non-hydrogen) atoms. The highest BCUT2D eigenvalue weighted by atomic mass is 32.2. The van der Waals surface area contributed by atoms with Gasteiger partial charge in [0.2, 0.25) is 15.9 Å². The molecule has 9 heteroatoms. The van der Waals surface area contributed by atoms with Crippen LogP contribution in [0.4, 0.5) is 0 Å². The molecule has 156 valence electrons. The first-order chi connectivity index (χ1) is 14.4. The maximum atomic E-state index is 12.7. The number of benzene rings is 2. The number of nitrogens with zero attached hydrogens (tertiary/aromatic N) is 3. The number of para-hydroxylation sites is 2. The summed E-state index contributed by atoms with van der Waals surface area (Å²) in [6, 6.07) is 15.5. The molecule has 1 N–H and O–H groups in total.